The molecular weight excluding hydrogens is 304 g/mol. The summed E-state index contributed by atoms with van der Waals surface area (Å²) in [5.74, 6) is 3.55. The van der Waals surface area contributed by atoms with Crippen LogP contribution in [0.2, 0.25) is 0 Å². The van der Waals surface area contributed by atoms with E-state index in [1.165, 1.54) is 16.7 Å². The summed E-state index contributed by atoms with van der Waals surface area (Å²) in [6.07, 6.45) is 5.49. The third-order valence-corrected chi connectivity index (χ3v) is 4.48. The molecule has 0 aliphatic carbocycles. The van der Waals surface area contributed by atoms with Crippen molar-refractivity contribution in [2.45, 2.75) is 65.9 Å². The number of hydrogen-bond donors (Lipinski definition) is 0. The Morgan fingerprint density at radius 3 is 1.88 bits per heavy atom. The molecule has 0 radical (unpaired) electrons. The number of terminal acetylenes is 1. The standard InChI is InChI=1S/C24H30O/c1-9-19-10-11-22(12-17(19)2)25-16-18-13-20(23(3,4)5)15-21(14-18)24(6,7)8/h1,10-15H,16H2,2-8H3. The molecule has 1 nitrogen and oxygen atoms in total. The molecule has 0 spiro atoms. The summed E-state index contributed by atoms with van der Waals surface area (Å²) in [6, 6.07) is 12.7. The van der Waals surface area contributed by atoms with Crippen molar-refractivity contribution < 1.29 is 4.74 Å². The monoisotopic (exact) mass is 334 g/mol. The molecule has 0 aliphatic rings. The molecule has 0 fully saturated rings. The van der Waals surface area contributed by atoms with E-state index < -0.39 is 0 Å². The molecule has 0 atom stereocenters. The fraction of sp³-hybridized carbons (Fsp3) is 0.417. The highest BCUT2D eigenvalue weighted by atomic mass is 16.5. The van der Waals surface area contributed by atoms with Crippen molar-refractivity contribution in [2.75, 3.05) is 0 Å². The van der Waals surface area contributed by atoms with Crippen molar-refractivity contribution in [3.8, 4) is 18.1 Å². The van der Waals surface area contributed by atoms with Crippen molar-refractivity contribution in [3.63, 3.8) is 0 Å². The zero-order chi connectivity index (χ0) is 18.8. The minimum absolute atomic E-state index is 0.112. The van der Waals surface area contributed by atoms with Crippen LogP contribution < -0.4 is 4.74 Å². The van der Waals surface area contributed by atoms with Crippen molar-refractivity contribution in [3.05, 3.63) is 64.2 Å². The molecule has 0 amide bonds. The third kappa shape index (κ3) is 4.89. The van der Waals surface area contributed by atoms with Gasteiger partial charge in [-0.05, 0) is 58.2 Å². The minimum Gasteiger partial charge on any atom is -0.489 e. The van der Waals surface area contributed by atoms with Crippen LogP contribution in [0.5, 0.6) is 5.75 Å². The lowest BCUT2D eigenvalue weighted by atomic mass is 9.79. The lowest BCUT2D eigenvalue weighted by Gasteiger charge is -2.26. The van der Waals surface area contributed by atoms with Gasteiger partial charge in [0, 0.05) is 5.56 Å². The van der Waals surface area contributed by atoms with Crippen LogP contribution in [0.15, 0.2) is 36.4 Å². The van der Waals surface area contributed by atoms with Gasteiger partial charge < -0.3 is 4.74 Å². The molecule has 0 aliphatic heterocycles. The number of hydrogen-bond acceptors (Lipinski definition) is 1. The van der Waals surface area contributed by atoms with Crippen LogP contribution in [0.25, 0.3) is 0 Å². The van der Waals surface area contributed by atoms with E-state index >= 15 is 0 Å². The van der Waals surface area contributed by atoms with Crippen molar-refractivity contribution in [1.82, 2.24) is 0 Å². The highest BCUT2D eigenvalue weighted by Gasteiger charge is 2.20. The highest BCUT2D eigenvalue weighted by molar-refractivity contribution is 5.44. The van der Waals surface area contributed by atoms with E-state index in [0.717, 1.165) is 16.9 Å². The topological polar surface area (TPSA) is 9.23 Å². The van der Waals surface area contributed by atoms with E-state index in [1.54, 1.807) is 0 Å². The Balaban J connectivity index is 2.30. The van der Waals surface area contributed by atoms with Gasteiger partial charge in [-0.1, -0.05) is 65.7 Å². The fourth-order valence-corrected chi connectivity index (χ4v) is 2.70. The lowest BCUT2D eigenvalue weighted by Crippen LogP contribution is -2.17. The molecular formula is C24H30O. The Hall–Kier alpha value is -2.20. The molecule has 0 saturated heterocycles. The lowest BCUT2D eigenvalue weighted by molar-refractivity contribution is 0.305. The van der Waals surface area contributed by atoms with Crippen LogP contribution in [0.1, 0.15) is 69.4 Å². The summed E-state index contributed by atoms with van der Waals surface area (Å²) in [5.41, 5.74) is 6.10. The molecule has 2 aromatic carbocycles. The molecule has 0 bridgehead atoms. The van der Waals surface area contributed by atoms with E-state index in [9.17, 15) is 0 Å². The van der Waals surface area contributed by atoms with Gasteiger partial charge in [0.05, 0.1) is 0 Å². The maximum absolute atomic E-state index is 6.04. The number of rotatable bonds is 3. The SMILES string of the molecule is C#Cc1ccc(OCc2cc(C(C)(C)C)cc(C(C)(C)C)c2)cc1C. The van der Waals surface area contributed by atoms with Crippen LogP contribution in [0.4, 0.5) is 0 Å². The van der Waals surface area contributed by atoms with Gasteiger partial charge in [-0.2, -0.15) is 0 Å². The van der Waals surface area contributed by atoms with E-state index in [1.807, 2.05) is 25.1 Å². The van der Waals surface area contributed by atoms with Crippen LogP contribution in [-0.4, -0.2) is 0 Å². The fourth-order valence-electron chi connectivity index (χ4n) is 2.70. The summed E-state index contributed by atoms with van der Waals surface area (Å²) in [4.78, 5) is 0. The van der Waals surface area contributed by atoms with Gasteiger partial charge in [-0.3, -0.25) is 0 Å². The van der Waals surface area contributed by atoms with Crippen LogP contribution >= 0.6 is 0 Å². The van der Waals surface area contributed by atoms with Crippen molar-refractivity contribution in [2.24, 2.45) is 0 Å². The Morgan fingerprint density at radius 1 is 0.880 bits per heavy atom. The largest absolute Gasteiger partial charge is 0.489 e. The molecule has 0 saturated carbocycles. The molecule has 2 aromatic rings. The number of aryl methyl sites for hydroxylation is 1. The molecule has 2 rings (SSSR count). The van der Waals surface area contributed by atoms with Crippen LogP contribution in [0.3, 0.4) is 0 Å². The van der Waals surface area contributed by atoms with Crippen molar-refractivity contribution >= 4 is 0 Å². The van der Waals surface area contributed by atoms with Gasteiger partial charge in [0.25, 0.3) is 0 Å². The quantitative estimate of drug-likeness (QED) is 0.612. The first-order chi connectivity index (χ1) is 11.5. The predicted octanol–water partition coefficient (Wildman–Crippen LogP) is 6.15. The van der Waals surface area contributed by atoms with Gasteiger partial charge in [-0.15, -0.1) is 6.42 Å². The second-order valence-corrected chi connectivity index (χ2v) is 8.83. The second kappa shape index (κ2) is 6.96. The van der Waals surface area contributed by atoms with Gasteiger partial charge in [0.15, 0.2) is 0 Å². The van der Waals surface area contributed by atoms with Crippen LogP contribution in [-0.2, 0) is 17.4 Å². The second-order valence-electron chi connectivity index (χ2n) is 8.83. The highest BCUT2D eigenvalue weighted by Crippen LogP contribution is 2.30. The normalized spacial score (nSPS) is 11.9. The van der Waals surface area contributed by atoms with Gasteiger partial charge in [0.2, 0.25) is 0 Å². The minimum atomic E-state index is 0.112. The number of ether oxygens (including phenoxy) is 1. The summed E-state index contributed by atoms with van der Waals surface area (Å²) >= 11 is 0. The zero-order valence-corrected chi connectivity index (χ0v) is 16.7. The van der Waals surface area contributed by atoms with Gasteiger partial charge >= 0.3 is 0 Å². The Morgan fingerprint density at radius 2 is 1.44 bits per heavy atom. The smallest absolute Gasteiger partial charge is 0.120 e. The first kappa shape index (κ1) is 19.1. The molecule has 1 heteroatoms. The molecule has 132 valence electrons. The van der Waals surface area contributed by atoms with E-state index in [2.05, 4.69) is 65.7 Å². The van der Waals surface area contributed by atoms with E-state index in [-0.39, 0.29) is 10.8 Å². The van der Waals surface area contributed by atoms with Crippen LogP contribution in [0, 0.1) is 19.3 Å². The molecule has 0 heterocycles. The van der Waals surface area contributed by atoms with Gasteiger partial charge in [-0.25, -0.2) is 0 Å². The Labute approximate surface area is 153 Å². The first-order valence-electron chi connectivity index (χ1n) is 8.86. The van der Waals surface area contributed by atoms with Gasteiger partial charge in [0.1, 0.15) is 12.4 Å². The summed E-state index contributed by atoms with van der Waals surface area (Å²) in [5, 5.41) is 0. The summed E-state index contributed by atoms with van der Waals surface area (Å²) < 4.78 is 6.04. The molecule has 0 aromatic heterocycles. The molecule has 0 unspecified atom stereocenters. The average molecular weight is 335 g/mol. The number of benzene rings is 2. The average Bonchev–Trinajstić information content (AvgIpc) is 2.51. The Kier molecular flexibility index (Phi) is 5.33. The Bertz CT molecular complexity index is 760. The van der Waals surface area contributed by atoms with E-state index in [0.29, 0.717) is 6.61 Å². The molecule has 0 N–H and O–H groups in total. The molecule has 25 heavy (non-hydrogen) atoms. The first-order valence-corrected chi connectivity index (χ1v) is 8.86. The summed E-state index contributed by atoms with van der Waals surface area (Å²) in [7, 11) is 0. The maximum atomic E-state index is 6.04. The zero-order valence-electron chi connectivity index (χ0n) is 16.7. The predicted molar refractivity (Wildman–Crippen MR) is 107 cm³/mol. The third-order valence-electron chi connectivity index (χ3n) is 4.48. The maximum Gasteiger partial charge on any atom is 0.120 e. The van der Waals surface area contributed by atoms with E-state index in [4.69, 9.17) is 11.2 Å². The van der Waals surface area contributed by atoms with Crippen molar-refractivity contribution in [1.29, 1.82) is 0 Å². The summed E-state index contributed by atoms with van der Waals surface area (Å²) in [6.45, 7) is 16.1.